The lowest BCUT2D eigenvalue weighted by Crippen LogP contribution is -2.29. The van der Waals surface area contributed by atoms with Crippen molar-refractivity contribution in [2.45, 2.75) is 37.8 Å². The summed E-state index contributed by atoms with van der Waals surface area (Å²) in [6.45, 7) is 2.08. The molecule has 2 aliphatic carbocycles. The molecule has 3 nitrogen and oxygen atoms in total. The van der Waals surface area contributed by atoms with Crippen molar-refractivity contribution in [1.82, 2.24) is 9.88 Å². The molecule has 1 aromatic heterocycles. The second-order valence-electron chi connectivity index (χ2n) is 20.1. The van der Waals surface area contributed by atoms with Crippen LogP contribution in [-0.4, -0.2) is 10.6 Å². The highest BCUT2D eigenvalue weighted by molar-refractivity contribution is 6.11. The van der Waals surface area contributed by atoms with Crippen LogP contribution in [0.2, 0.25) is 0 Å². The summed E-state index contributed by atoms with van der Waals surface area (Å²) in [7, 11) is 0. The zero-order valence-electron chi connectivity index (χ0n) is 42.1. The van der Waals surface area contributed by atoms with E-state index in [-0.39, 0.29) is 18.0 Å². The molecule has 0 radical (unpaired) electrons. The summed E-state index contributed by atoms with van der Waals surface area (Å²) in [6.07, 6.45) is 21.0. The number of anilines is 2. The summed E-state index contributed by atoms with van der Waals surface area (Å²) >= 11 is 0. The van der Waals surface area contributed by atoms with Gasteiger partial charge in [0.2, 0.25) is 0 Å². The number of allylic oxidation sites excluding steroid dienone is 8. The number of aryl methyl sites for hydroxylation is 1. The monoisotopic (exact) mass is 963 g/mol. The summed E-state index contributed by atoms with van der Waals surface area (Å²) < 4.78 is 2.46. The maximum atomic E-state index is 4.04. The predicted molar refractivity (Wildman–Crippen MR) is 317 cm³/mol. The molecule has 0 bridgehead atoms. The van der Waals surface area contributed by atoms with Crippen LogP contribution in [0.15, 0.2) is 279 Å². The quantitative estimate of drug-likeness (QED) is 0.164. The molecule has 360 valence electrons. The van der Waals surface area contributed by atoms with Gasteiger partial charge in [0.1, 0.15) is 0 Å². The van der Waals surface area contributed by atoms with E-state index in [9.17, 15) is 0 Å². The Kier molecular flexibility index (Phi) is 12.2. The minimum absolute atomic E-state index is 0.0806. The first-order valence-electron chi connectivity index (χ1n) is 26.4. The Bertz CT molecular complexity index is 3930. The number of benzene rings is 9. The number of hydrogen-bond donors (Lipinski definition) is 1. The van der Waals surface area contributed by atoms with E-state index in [1.807, 2.05) is 18.2 Å². The van der Waals surface area contributed by atoms with Gasteiger partial charge in [-0.05, 0) is 148 Å². The maximum Gasteiger partial charge on any atom is 0.0707 e. The molecule has 9 aromatic carbocycles. The van der Waals surface area contributed by atoms with Gasteiger partial charge in [-0.15, -0.1) is 0 Å². The Morgan fingerprint density at radius 2 is 1.08 bits per heavy atom. The minimum atomic E-state index is -0.0806. The number of hydrogen-bond acceptors (Lipinski definition) is 2. The van der Waals surface area contributed by atoms with Crippen molar-refractivity contribution in [2.75, 3.05) is 4.90 Å². The van der Waals surface area contributed by atoms with Crippen molar-refractivity contribution in [2.24, 2.45) is 0 Å². The van der Waals surface area contributed by atoms with Gasteiger partial charge in [0.15, 0.2) is 0 Å². The molecule has 0 spiro atoms. The SMILES string of the molecule is C1=CC(c2ccc3c(c2)c2cc(-c4ccccc4)ccc2n3-c2cccc(C3C=C(c4ccccc4)C=C(c4cccc(N5c6ccccc6C6C=C(c7ccccc7)C=CC65)c4)N3)c2)=CCC1.Cc1ccccc1. The topological polar surface area (TPSA) is 20.2 Å². The third-order valence-electron chi connectivity index (χ3n) is 15.3. The lowest BCUT2D eigenvalue weighted by Gasteiger charge is -2.31. The molecule has 10 aromatic rings. The molecule has 0 saturated carbocycles. The summed E-state index contributed by atoms with van der Waals surface area (Å²) in [5.41, 5.74) is 22.1. The Hall–Kier alpha value is -9.18. The smallest absolute Gasteiger partial charge is 0.0707 e. The highest BCUT2D eigenvalue weighted by Crippen LogP contribution is 2.50. The van der Waals surface area contributed by atoms with Crippen molar-refractivity contribution in [3.63, 3.8) is 0 Å². The molecular weight excluding hydrogens is 907 g/mol. The third-order valence-corrected chi connectivity index (χ3v) is 15.3. The fourth-order valence-electron chi connectivity index (χ4n) is 11.6. The second-order valence-corrected chi connectivity index (χ2v) is 20.1. The molecule has 1 N–H and O–H groups in total. The van der Waals surface area contributed by atoms with E-state index in [0.29, 0.717) is 0 Å². The summed E-state index contributed by atoms with van der Waals surface area (Å²) in [5, 5.41) is 6.55. The van der Waals surface area contributed by atoms with Crippen LogP contribution in [0.25, 0.3) is 61.0 Å². The van der Waals surface area contributed by atoms with Gasteiger partial charge in [0.25, 0.3) is 0 Å². The molecular formula is C72H57N3. The number of nitrogens with zero attached hydrogens (tertiary/aromatic N) is 2. The van der Waals surface area contributed by atoms with Crippen LogP contribution in [0.5, 0.6) is 0 Å². The van der Waals surface area contributed by atoms with Crippen LogP contribution >= 0.6 is 0 Å². The van der Waals surface area contributed by atoms with Crippen molar-refractivity contribution in [3.05, 3.63) is 318 Å². The van der Waals surface area contributed by atoms with Crippen molar-refractivity contribution < 1.29 is 0 Å². The molecule has 75 heavy (non-hydrogen) atoms. The maximum absolute atomic E-state index is 4.04. The number of rotatable bonds is 8. The zero-order chi connectivity index (χ0) is 50.1. The van der Waals surface area contributed by atoms with Crippen LogP contribution in [0.4, 0.5) is 11.4 Å². The van der Waals surface area contributed by atoms with Gasteiger partial charge in [-0.2, -0.15) is 0 Å². The minimum Gasteiger partial charge on any atom is -0.374 e. The summed E-state index contributed by atoms with van der Waals surface area (Å²) in [4.78, 5) is 2.54. The van der Waals surface area contributed by atoms with Gasteiger partial charge in [-0.1, -0.05) is 218 Å². The first-order valence-corrected chi connectivity index (χ1v) is 26.4. The lowest BCUT2D eigenvalue weighted by molar-refractivity contribution is 0.746. The number of fused-ring (bicyclic) bond motifs is 6. The molecule has 0 saturated heterocycles. The molecule has 14 rings (SSSR count). The van der Waals surface area contributed by atoms with E-state index in [2.05, 4.69) is 283 Å². The molecule has 2 aliphatic heterocycles. The Morgan fingerprint density at radius 1 is 0.453 bits per heavy atom. The van der Waals surface area contributed by atoms with Gasteiger partial charge >= 0.3 is 0 Å². The fourth-order valence-corrected chi connectivity index (χ4v) is 11.6. The molecule has 3 heteroatoms. The second kappa shape index (κ2) is 20.0. The lowest BCUT2D eigenvalue weighted by atomic mass is 9.86. The number of aromatic nitrogens is 1. The Balaban J connectivity index is 0.000000717. The molecule has 0 amide bonds. The highest BCUT2D eigenvalue weighted by Gasteiger charge is 2.38. The van der Waals surface area contributed by atoms with Crippen LogP contribution in [-0.2, 0) is 0 Å². The summed E-state index contributed by atoms with van der Waals surface area (Å²) in [5.74, 6) is 0.250. The standard InChI is InChI=1S/C65H49N3.C7H8/c1-5-17-44(18-6-1)48-31-34-63-57(39-48)56-29-13-14-30-62(56)67(63)54-27-15-25-51(37-54)60-42-53(47-23-11-4-12-24-47)43-61(66-60)52-26-16-28-55(38-52)68-64-35-32-49(45-19-7-2-8-20-45)40-58(64)59-41-50(33-36-65(59)68)46-21-9-3-10-22-46;1-7-5-3-2-4-6-7/h1-2,4-9,11-43,57,61,63,66H,3,10H2;2-6H,1H3. The van der Waals surface area contributed by atoms with E-state index in [4.69, 9.17) is 0 Å². The van der Waals surface area contributed by atoms with E-state index in [0.717, 1.165) is 29.8 Å². The molecule has 4 aliphatic rings. The average molecular weight is 964 g/mol. The number of para-hydroxylation sites is 1. The van der Waals surface area contributed by atoms with E-state index in [1.54, 1.807) is 0 Å². The first kappa shape index (κ1) is 45.7. The van der Waals surface area contributed by atoms with Crippen LogP contribution in [0, 0.1) is 6.92 Å². The van der Waals surface area contributed by atoms with Crippen molar-refractivity contribution in [1.29, 1.82) is 0 Å². The van der Waals surface area contributed by atoms with E-state index < -0.39 is 0 Å². The molecule has 3 unspecified atom stereocenters. The zero-order valence-corrected chi connectivity index (χ0v) is 42.1. The van der Waals surface area contributed by atoms with Crippen LogP contribution in [0.3, 0.4) is 0 Å². The Morgan fingerprint density at radius 3 is 1.79 bits per heavy atom. The van der Waals surface area contributed by atoms with E-state index >= 15 is 0 Å². The Labute approximate surface area is 440 Å². The van der Waals surface area contributed by atoms with Gasteiger partial charge < -0.3 is 14.8 Å². The van der Waals surface area contributed by atoms with Gasteiger partial charge in [0.05, 0.1) is 23.1 Å². The van der Waals surface area contributed by atoms with Crippen LogP contribution < -0.4 is 10.2 Å². The highest BCUT2D eigenvalue weighted by atomic mass is 15.2. The first-order chi connectivity index (χ1) is 37.1. The van der Waals surface area contributed by atoms with E-state index in [1.165, 1.54) is 94.4 Å². The largest absolute Gasteiger partial charge is 0.374 e. The fraction of sp³-hybridized carbons (Fsp3) is 0.0833. The van der Waals surface area contributed by atoms with Crippen molar-refractivity contribution in [3.8, 4) is 16.8 Å². The van der Waals surface area contributed by atoms with Gasteiger partial charge in [-0.25, -0.2) is 0 Å². The third kappa shape index (κ3) is 8.98. The normalized spacial score (nSPS) is 17.5. The number of nitrogens with one attached hydrogen (secondary N) is 1. The molecule has 0 fully saturated rings. The van der Waals surface area contributed by atoms with Crippen LogP contribution in [0.1, 0.15) is 63.7 Å². The van der Waals surface area contributed by atoms with Crippen molar-refractivity contribution >= 4 is 55.6 Å². The molecule has 3 atom stereocenters. The van der Waals surface area contributed by atoms with Gasteiger partial charge in [-0.3, -0.25) is 0 Å². The predicted octanol–water partition coefficient (Wildman–Crippen LogP) is 18.2. The van der Waals surface area contributed by atoms with Gasteiger partial charge in [0, 0.05) is 39.4 Å². The number of dihydropyridines is 1. The summed E-state index contributed by atoms with van der Waals surface area (Å²) in [6, 6.07) is 83.9. The average Bonchev–Trinajstić information content (AvgIpc) is 4.03. The molecule has 3 heterocycles.